The molecule has 2 rings (SSSR count). The number of nitrogens with zero attached hydrogens (tertiary/aromatic N) is 4. The summed E-state index contributed by atoms with van der Waals surface area (Å²) in [5.41, 5.74) is 0.601. The van der Waals surface area contributed by atoms with E-state index in [1.165, 1.54) is 0 Å². The van der Waals surface area contributed by atoms with Gasteiger partial charge in [-0.2, -0.15) is 0 Å². The molecule has 0 aliphatic carbocycles. The van der Waals surface area contributed by atoms with Crippen LogP contribution in [-0.4, -0.2) is 36.7 Å². The predicted molar refractivity (Wildman–Crippen MR) is 65.4 cm³/mol. The molecule has 18 heavy (non-hydrogen) atoms. The third kappa shape index (κ3) is 2.73. The molecule has 1 atom stereocenters. The molecule has 0 saturated carbocycles. The van der Waals surface area contributed by atoms with Gasteiger partial charge in [0, 0.05) is 18.4 Å². The maximum absolute atomic E-state index is 10.8. The number of aromatic nitrogens is 4. The van der Waals surface area contributed by atoms with Gasteiger partial charge in [-0.05, 0) is 6.42 Å². The van der Waals surface area contributed by atoms with Crippen molar-refractivity contribution >= 4 is 17.4 Å². The maximum Gasteiger partial charge on any atom is 0.305 e. The highest BCUT2D eigenvalue weighted by atomic mass is 16.4. The number of fused-ring (bicyclic) bond motifs is 1. The molecule has 0 radical (unpaired) electrons. The average molecular weight is 249 g/mol. The number of carboxylic acids is 1. The van der Waals surface area contributed by atoms with Gasteiger partial charge in [0.05, 0.1) is 6.42 Å². The van der Waals surface area contributed by atoms with Crippen LogP contribution in [0.2, 0.25) is 0 Å². The van der Waals surface area contributed by atoms with Crippen LogP contribution in [0.3, 0.4) is 0 Å². The van der Waals surface area contributed by atoms with Crippen molar-refractivity contribution in [1.29, 1.82) is 0 Å². The van der Waals surface area contributed by atoms with E-state index in [0.717, 1.165) is 12.8 Å². The molecule has 7 heteroatoms. The van der Waals surface area contributed by atoms with Crippen LogP contribution in [0.5, 0.6) is 0 Å². The summed E-state index contributed by atoms with van der Waals surface area (Å²) >= 11 is 0. The molecule has 2 aromatic rings. The topological polar surface area (TPSA) is 92.4 Å². The fraction of sp³-hybridized carbons (Fsp3) is 0.455. The van der Waals surface area contributed by atoms with Gasteiger partial charge in [0.15, 0.2) is 5.82 Å². The van der Waals surface area contributed by atoms with Gasteiger partial charge in [0.25, 0.3) is 0 Å². The third-order valence-corrected chi connectivity index (χ3v) is 2.61. The van der Waals surface area contributed by atoms with Gasteiger partial charge < -0.3 is 10.4 Å². The minimum absolute atomic E-state index is 0.0602. The highest BCUT2D eigenvalue weighted by molar-refractivity contribution is 5.69. The summed E-state index contributed by atoms with van der Waals surface area (Å²) in [5, 5.41) is 19.7. The standard InChI is InChI=1S/C11H15N5O2/c1-2-3-8(6-9(17)18)14-10-11-15-13-7-16(11)5-4-12-10/h4-5,7-8H,2-3,6H2,1H3,(H,12,14)(H,17,18). The Hall–Kier alpha value is -2.18. The average Bonchev–Trinajstić information content (AvgIpc) is 2.77. The summed E-state index contributed by atoms with van der Waals surface area (Å²) in [6.45, 7) is 2.02. The second kappa shape index (κ2) is 5.44. The van der Waals surface area contributed by atoms with Crippen LogP contribution in [0.4, 0.5) is 5.82 Å². The molecule has 96 valence electrons. The van der Waals surface area contributed by atoms with Crippen molar-refractivity contribution < 1.29 is 9.90 Å². The second-order valence-corrected chi connectivity index (χ2v) is 4.07. The van der Waals surface area contributed by atoms with Gasteiger partial charge in [-0.15, -0.1) is 10.2 Å². The minimum atomic E-state index is -0.825. The minimum Gasteiger partial charge on any atom is -0.481 e. The summed E-state index contributed by atoms with van der Waals surface area (Å²) in [6, 6.07) is -0.150. The SMILES string of the molecule is CCCC(CC(=O)O)Nc1nccn2cnnc12. The van der Waals surface area contributed by atoms with Gasteiger partial charge in [0.1, 0.15) is 6.33 Å². The Labute approximate surface area is 104 Å². The Morgan fingerprint density at radius 2 is 2.44 bits per heavy atom. The van der Waals surface area contributed by atoms with Crippen molar-refractivity contribution in [1.82, 2.24) is 19.6 Å². The lowest BCUT2D eigenvalue weighted by Gasteiger charge is -2.16. The zero-order valence-corrected chi connectivity index (χ0v) is 10.1. The number of nitrogens with one attached hydrogen (secondary N) is 1. The van der Waals surface area contributed by atoms with Crippen LogP contribution >= 0.6 is 0 Å². The molecule has 2 N–H and O–H groups in total. The van der Waals surface area contributed by atoms with Crippen molar-refractivity contribution in [2.75, 3.05) is 5.32 Å². The largest absolute Gasteiger partial charge is 0.481 e. The Morgan fingerprint density at radius 3 is 3.17 bits per heavy atom. The van der Waals surface area contributed by atoms with Gasteiger partial charge >= 0.3 is 5.97 Å². The van der Waals surface area contributed by atoms with E-state index in [4.69, 9.17) is 5.11 Å². The number of carboxylic acid groups (broad SMARTS) is 1. The summed E-state index contributed by atoms with van der Waals surface area (Å²) in [5.74, 6) is -0.260. The van der Waals surface area contributed by atoms with E-state index in [1.54, 1.807) is 23.1 Å². The van der Waals surface area contributed by atoms with Crippen molar-refractivity contribution in [2.24, 2.45) is 0 Å². The van der Waals surface area contributed by atoms with E-state index in [2.05, 4.69) is 20.5 Å². The zero-order chi connectivity index (χ0) is 13.0. The first-order valence-electron chi connectivity index (χ1n) is 5.83. The normalized spacial score (nSPS) is 12.5. The van der Waals surface area contributed by atoms with Crippen molar-refractivity contribution in [3.8, 4) is 0 Å². The number of anilines is 1. The Kier molecular flexibility index (Phi) is 3.71. The van der Waals surface area contributed by atoms with Gasteiger partial charge in [0.2, 0.25) is 5.65 Å². The molecule has 0 aliphatic heterocycles. The summed E-state index contributed by atoms with van der Waals surface area (Å²) in [7, 11) is 0. The van der Waals surface area contributed by atoms with E-state index in [9.17, 15) is 4.79 Å². The molecular weight excluding hydrogens is 234 g/mol. The molecule has 0 fully saturated rings. The number of hydrogen-bond donors (Lipinski definition) is 2. The highest BCUT2D eigenvalue weighted by Gasteiger charge is 2.14. The number of rotatable bonds is 6. The molecular formula is C11H15N5O2. The lowest BCUT2D eigenvalue weighted by molar-refractivity contribution is -0.137. The van der Waals surface area contributed by atoms with E-state index >= 15 is 0 Å². The first-order valence-corrected chi connectivity index (χ1v) is 5.83. The van der Waals surface area contributed by atoms with Crippen LogP contribution in [0, 0.1) is 0 Å². The summed E-state index contributed by atoms with van der Waals surface area (Å²) in [6.07, 6.45) is 6.68. The fourth-order valence-corrected chi connectivity index (χ4v) is 1.84. The molecule has 0 aliphatic rings. The molecule has 2 heterocycles. The van der Waals surface area contributed by atoms with Crippen LogP contribution in [0.25, 0.3) is 5.65 Å². The van der Waals surface area contributed by atoms with Crippen molar-refractivity contribution in [2.45, 2.75) is 32.2 Å². The molecule has 0 amide bonds. The second-order valence-electron chi connectivity index (χ2n) is 4.07. The lowest BCUT2D eigenvalue weighted by Crippen LogP contribution is -2.24. The van der Waals surface area contributed by atoms with E-state index in [-0.39, 0.29) is 12.5 Å². The predicted octanol–water partition coefficient (Wildman–Crippen LogP) is 1.18. The van der Waals surface area contributed by atoms with Gasteiger partial charge in [-0.25, -0.2) is 4.98 Å². The third-order valence-electron chi connectivity index (χ3n) is 2.61. The fourth-order valence-electron chi connectivity index (χ4n) is 1.84. The Balaban J connectivity index is 2.19. The van der Waals surface area contributed by atoms with E-state index in [1.807, 2.05) is 6.92 Å². The molecule has 0 saturated heterocycles. The highest BCUT2D eigenvalue weighted by Crippen LogP contribution is 2.14. The quantitative estimate of drug-likeness (QED) is 0.798. The van der Waals surface area contributed by atoms with Gasteiger partial charge in [-0.3, -0.25) is 9.20 Å². The zero-order valence-electron chi connectivity index (χ0n) is 10.1. The van der Waals surface area contributed by atoms with Crippen molar-refractivity contribution in [3.63, 3.8) is 0 Å². The molecule has 1 unspecified atom stereocenters. The van der Waals surface area contributed by atoms with E-state index in [0.29, 0.717) is 11.5 Å². The Morgan fingerprint density at radius 1 is 1.61 bits per heavy atom. The molecule has 0 spiro atoms. The maximum atomic E-state index is 10.8. The van der Waals surface area contributed by atoms with Gasteiger partial charge in [-0.1, -0.05) is 13.3 Å². The smallest absolute Gasteiger partial charge is 0.305 e. The molecule has 0 aromatic carbocycles. The first-order chi connectivity index (χ1) is 8.70. The van der Waals surface area contributed by atoms with Crippen LogP contribution in [-0.2, 0) is 4.79 Å². The van der Waals surface area contributed by atoms with Crippen LogP contribution < -0.4 is 5.32 Å². The van der Waals surface area contributed by atoms with Crippen LogP contribution in [0.15, 0.2) is 18.7 Å². The number of carbonyl (C=O) groups is 1. The molecule has 2 aromatic heterocycles. The van der Waals surface area contributed by atoms with Crippen molar-refractivity contribution in [3.05, 3.63) is 18.7 Å². The number of aliphatic carboxylic acids is 1. The summed E-state index contributed by atoms with van der Waals surface area (Å²) in [4.78, 5) is 15.0. The molecule has 0 bridgehead atoms. The molecule has 7 nitrogen and oxygen atoms in total. The first kappa shape index (κ1) is 12.3. The number of hydrogen-bond acceptors (Lipinski definition) is 5. The lowest BCUT2D eigenvalue weighted by atomic mass is 10.1. The monoisotopic (exact) mass is 249 g/mol. The summed E-state index contributed by atoms with van der Waals surface area (Å²) < 4.78 is 1.74. The van der Waals surface area contributed by atoms with E-state index < -0.39 is 5.97 Å². The van der Waals surface area contributed by atoms with Crippen LogP contribution in [0.1, 0.15) is 26.2 Å². The Bertz CT molecular complexity index is 539.